The highest BCUT2D eigenvalue weighted by Gasteiger charge is 2.28. The fourth-order valence-electron chi connectivity index (χ4n) is 2.32. The third-order valence-electron chi connectivity index (χ3n) is 3.79. The summed E-state index contributed by atoms with van der Waals surface area (Å²) in [5.74, 6) is 0.687. The molecule has 2 heterocycles. The van der Waals surface area contributed by atoms with Crippen LogP contribution in [0.4, 0.5) is 0 Å². The van der Waals surface area contributed by atoms with E-state index in [4.69, 9.17) is 0 Å². The fourth-order valence-corrected chi connectivity index (χ4v) is 2.32. The van der Waals surface area contributed by atoms with Gasteiger partial charge in [0.15, 0.2) is 0 Å². The molecule has 0 aromatic rings. The van der Waals surface area contributed by atoms with Gasteiger partial charge in [0.1, 0.15) is 0 Å². The number of hydrogen-bond donors (Lipinski definition) is 0. The van der Waals surface area contributed by atoms with Crippen LogP contribution >= 0.6 is 0 Å². The molecule has 1 saturated heterocycles. The normalized spacial score (nSPS) is 31.7. The van der Waals surface area contributed by atoms with E-state index in [0.29, 0.717) is 5.92 Å². The largest absolute Gasteiger partial charge is 0.371 e. The first-order chi connectivity index (χ1) is 6.62. The zero-order chi connectivity index (χ0) is 10.2. The molecule has 0 aromatic carbocycles. The maximum Gasteiger partial charge on any atom is 0.0356 e. The average Bonchev–Trinajstić information content (AvgIpc) is 2.46. The van der Waals surface area contributed by atoms with E-state index < -0.39 is 0 Å². The quantitative estimate of drug-likeness (QED) is 0.575. The summed E-state index contributed by atoms with van der Waals surface area (Å²) in [7, 11) is 0. The molecule has 1 nitrogen and oxygen atoms in total. The van der Waals surface area contributed by atoms with Gasteiger partial charge in [-0.05, 0) is 18.8 Å². The second-order valence-corrected chi connectivity index (χ2v) is 5.11. The van der Waals surface area contributed by atoms with Crippen LogP contribution in [0, 0.1) is 11.3 Å². The SMILES string of the molecule is CC(C)C1(C)C=CCN2CCCC2=C1. The second-order valence-electron chi connectivity index (χ2n) is 5.11. The van der Waals surface area contributed by atoms with Crippen LogP contribution in [0.15, 0.2) is 23.9 Å². The maximum atomic E-state index is 2.52. The van der Waals surface area contributed by atoms with Crippen LogP contribution in [0.3, 0.4) is 0 Å². The fraction of sp³-hybridized carbons (Fsp3) is 0.692. The summed E-state index contributed by atoms with van der Waals surface area (Å²) in [6, 6.07) is 0. The monoisotopic (exact) mass is 191 g/mol. The topological polar surface area (TPSA) is 3.24 Å². The van der Waals surface area contributed by atoms with Gasteiger partial charge in [0, 0.05) is 24.2 Å². The second kappa shape index (κ2) is 3.45. The molecule has 0 spiro atoms. The summed E-state index contributed by atoms with van der Waals surface area (Å²) in [5, 5.41) is 0. The third kappa shape index (κ3) is 1.60. The Hall–Kier alpha value is -0.720. The van der Waals surface area contributed by atoms with Crippen molar-refractivity contribution >= 4 is 0 Å². The molecule has 0 bridgehead atoms. The lowest BCUT2D eigenvalue weighted by Crippen LogP contribution is -2.19. The zero-order valence-electron chi connectivity index (χ0n) is 9.59. The minimum Gasteiger partial charge on any atom is -0.371 e. The Balaban J connectivity index is 2.31. The van der Waals surface area contributed by atoms with Gasteiger partial charge < -0.3 is 4.90 Å². The molecular formula is C13H21N. The van der Waals surface area contributed by atoms with Crippen LogP contribution in [0.1, 0.15) is 33.6 Å². The molecule has 0 N–H and O–H groups in total. The Morgan fingerprint density at radius 3 is 2.93 bits per heavy atom. The predicted octanol–water partition coefficient (Wildman–Crippen LogP) is 3.20. The molecule has 1 unspecified atom stereocenters. The third-order valence-corrected chi connectivity index (χ3v) is 3.79. The van der Waals surface area contributed by atoms with Gasteiger partial charge >= 0.3 is 0 Å². The Kier molecular flexibility index (Phi) is 2.42. The van der Waals surface area contributed by atoms with Crippen LogP contribution in [-0.2, 0) is 0 Å². The molecule has 0 saturated carbocycles. The van der Waals surface area contributed by atoms with Gasteiger partial charge in [-0.15, -0.1) is 0 Å². The molecule has 14 heavy (non-hydrogen) atoms. The van der Waals surface area contributed by atoms with Gasteiger partial charge in [0.05, 0.1) is 0 Å². The molecule has 78 valence electrons. The van der Waals surface area contributed by atoms with Gasteiger partial charge in [-0.1, -0.05) is 39.0 Å². The molecule has 0 radical (unpaired) electrons. The smallest absolute Gasteiger partial charge is 0.0356 e. The molecule has 1 heteroatoms. The van der Waals surface area contributed by atoms with E-state index in [9.17, 15) is 0 Å². The number of fused-ring (bicyclic) bond motifs is 1. The Labute approximate surface area is 87.5 Å². The predicted molar refractivity (Wildman–Crippen MR) is 61.0 cm³/mol. The van der Waals surface area contributed by atoms with Crippen molar-refractivity contribution in [3.05, 3.63) is 23.9 Å². The van der Waals surface area contributed by atoms with E-state index in [2.05, 4.69) is 43.9 Å². The van der Waals surface area contributed by atoms with Crippen molar-refractivity contribution in [1.29, 1.82) is 0 Å². The maximum absolute atomic E-state index is 2.52. The van der Waals surface area contributed by atoms with Gasteiger partial charge in [-0.3, -0.25) is 0 Å². The molecule has 0 amide bonds. The van der Waals surface area contributed by atoms with Crippen molar-refractivity contribution < 1.29 is 0 Å². The van der Waals surface area contributed by atoms with Gasteiger partial charge in [-0.25, -0.2) is 0 Å². The first-order valence-corrected chi connectivity index (χ1v) is 5.76. The number of rotatable bonds is 1. The lowest BCUT2D eigenvalue weighted by Gasteiger charge is -2.27. The first kappa shape index (κ1) is 9.82. The summed E-state index contributed by atoms with van der Waals surface area (Å²) in [6.45, 7) is 9.35. The molecule has 0 aliphatic carbocycles. The summed E-state index contributed by atoms with van der Waals surface area (Å²) >= 11 is 0. The highest BCUT2D eigenvalue weighted by molar-refractivity contribution is 5.22. The molecule has 2 aliphatic heterocycles. The van der Waals surface area contributed by atoms with Crippen LogP contribution in [0.5, 0.6) is 0 Å². The average molecular weight is 191 g/mol. The van der Waals surface area contributed by atoms with Gasteiger partial charge in [0.2, 0.25) is 0 Å². The number of nitrogens with zero attached hydrogens (tertiary/aromatic N) is 1. The van der Waals surface area contributed by atoms with Crippen LogP contribution in [0.25, 0.3) is 0 Å². The van der Waals surface area contributed by atoms with Crippen molar-refractivity contribution in [2.75, 3.05) is 13.1 Å². The minimum atomic E-state index is 0.272. The zero-order valence-corrected chi connectivity index (χ0v) is 9.59. The molecule has 1 atom stereocenters. The minimum absolute atomic E-state index is 0.272. The van der Waals surface area contributed by atoms with Gasteiger partial charge in [0.25, 0.3) is 0 Å². The van der Waals surface area contributed by atoms with Crippen molar-refractivity contribution in [3.8, 4) is 0 Å². The molecule has 2 rings (SSSR count). The van der Waals surface area contributed by atoms with E-state index in [1.165, 1.54) is 19.4 Å². The lowest BCUT2D eigenvalue weighted by molar-refractivity contribution is 0.375. The van der Waals surface area contributed by atoms with Gasteiger partial charge in [-0.2, -0.15) is 0 Å². The van der Waals surface area contributed by atoms with E-state index in [0.717, 1.165) is 6.54 Å². The van der Waals surface area contributed by atoms with Crippen LogP contribution < -0.4 is 0 Å². The van der Waals surface area contributed by atoms with E-state index in [1.807, 2.05) is 0 Å². The molecular weight excluding hydrogens is 170 g/mol. The summed E-state index contributed by atoms with van der Waals surface area (Å²) in [6.07, 6.45) is 9.85. The Bertz CT molecular complexity index is 275. The highest BCUT2D eigenvalue weighted by Crippen LogP contribution is 2.36. The van der Waals surface area contributed by atoms with Crippen LogP contribution in [-0.4, -0.2) is 18.0 Å². The first-order valence-electron chi connectivity index (χ1n) is 5.76. The standard InChI is InChI=1S/C13H21N/c1-11(2)13(3)7-5-9-14-8-4-6-12(14)10-13/h5,7,10-11H,4,6,8-9H2,1-3H3. The molecule has 2 aliphatic rings. The molecule has 1 fully saturated rings. The number of hydrogen-bond acceptors (Lipinski definition) is 1. The number of allylic oxidation sites excluding steroid dienone is 3. The van der Waals surface area contributed by atoms with Crippen molar-refractivity contribution in [3.63, 3.8) is 0 Å². The summed E-state index contributed by atoms with van der Waals surface area (Å²) in [5.41, 5.74) is 1.85. The highest BCUT2D eigenvalue weighted by atomic mass is 15.1. The lowest BCUT2D eigenvalue weighted by atomic mass is 9.78. The van der Waals surface area contributed by atoms with Crippen molar-refractivity contribution in [1.82, 2.24) is 4.90 Å². The van der Waals surface area contributed by atoms with Crippen LogP contribution in [0.2, 0.25) is 0 Å². The van der Waals surface area contributed by atoms with E-state index >= 15 is 0 Å². The van der Waals surface area contributed by atoms with Crippen molar-refractivity contribution in [2.45, 2.75) is 33.6 Å². The summed E-state index contributed by atoms with van der Waals surface area (Å²) in [4.78, 5) is 2.52. The Morgan fingerprint density at radius 2 is 2.21 bits per heavy atom. The Morgan fingerprint density at radius 1 is 1.43 bits per heavy atom. The summed E-state index contributed by atoms with van der Waals surface area (Å²) < 4.78 is 0. The van der Waals surface area contributed by atoms with E-state index in [-0.39, 0.29) is 5.41 Å². The van der Waals surface area contributed by atoms with E-state index in [1.54, 1.807) is 5.70 Å². The van der Waals surface area contributed by atoms with Crippen molar-refractivity contribution in [2.24, 2.45) is 11.3 Å². The molecule has 0 aromatic heterocycles.